The Hall–Kier alpha value is -1.73. The molecule has 0 aliphatic carbocycles. The van der Waals surface area contributed by atoms with Crippen LogP contribution in [0.15, 0.2) is 27.5 Å². The molecule has 3 rings (SSSR count). The van der Waals surface area contributed by atoms with Gasteiger partial charge in [0.1, 0.15) is 0 Å². The number of anilines is 1. The van der Waals surface area contributed by atoms with E-state index in [2.05, 4.69) is 31.1 Å². The number of halogens is 1. The molecular weight excluding hydrogens is 340 g/mol. The van der Waals surface area contributed by atoms with E-state index in [4.69, 9.17) is 10.3 Å². The largest absolute Gasteiger partial charge is 0.390 e. The summed E-state index contributed by atoms with van der Waals surface area (Å²) in [4.78, 5) is 9.66. The van der Waals surface area contributed by atoms with Crippen molar-refractivity contribution in [1.29, 1.82) is 0 Å². The fourth-order valence-electron chi connectivity index (χ4n) is 1.90. The monoisotopic (exact) mass is 350 g/mol. The third kappa shape index (κ3) is 2.23. The van der Waals surface area contributed by atoms with E-state index in [1.54, 1.807) is 12.4 Å². The summed E-state index contributed by atoms with van der Waals surface area (Å²) in [5.41, 5.74) is 8.71. The van der Waals surface area contributed by atoms with Crippen LogP contribution in [0.3, 0.4) is 0 Å². The van der Waals surface area contributed by atoms with Gasteiger partial charge in [-0.2, -0.15) is 4.98 Å². The van der Waals surface area contributed by atoms with Gasteiger partial charge in [-0.15, -0.1) is 11.3 Å². The molecule has 0 spiro atoms. The minimum atomic E-state index is 0.444. The Labute approximate surface area is 128 Å². The van der Waals surface area contributed by atoms with Crippen LogP contribution in [0.2, 0.25) is 0 Å². The number of aryl methyl sites for hydroxylation is 1. The van der Waals surface area contributed by atoms with Crippen LogP contribution in [0.4, 0.5) is 5.00 Å². The normalized spacial score (nSPS) is 10.9. The Morgan fingerprint density at radius 1 is 1.30 bits per heavy atom. The molecule has 0 aliphatic heterocycles. The maximum atomic E-state index is 6.02. The summed E-state index contributed by atoms with van der Waals surface area (Å²) < 4.78 is 6.21. The van der Waals surface area contributed by atoms with Gasteiger partial charge in [-0.25, -0.2) is 0 Å². The Morgan fingerprint density at radius 3 is 2.75 bits per heavy atom. The number of aromatic nitrogens is 3. The SMILES string of the molecule is Cc1sc(N)c(-c2nc(-c3cncc(Br)c3)no2)c1C. The molecule has 3 aromatic rings. The maximum absolute atomic E-state index is 6.02. The lowest BCUT2D eigenvalue weighted by molar-refractivity contribution is 0.432. The molecular formula is C13H11BrN4OS. The Morgan fingerprint density at radius 2 is 2.10 bits per heavy atom. The summed E-state index contributed by atoms with van der Waals surface area (Å²) in [6, 6.07) is 1.89. The Bertz CT molecular complexity index is 781. The number of pyridine rings is 1. The molecule has 0 saturated carbocycles. The van der Waals surface area contributed by atoms with E-state index in [-0.39, 0.29) is 0 Å². The molecule has 0 unspecified atom stereocenters. The van der Waals surface area contributed by atoms with Crippen molar-refractivity contribution in [2.24, 2.45) is 0 Å². The number of hydrogen-bond donors (Lipinski definition) is 1. The fraction of sp³-hybridized carbons (Fsp3) is 0.154. The first kappa shape index (κ1) is 13.3. The van der Waals surface area contributed by atoms with Crippen molar-refractivity contribution >= 4 is 32.3 Å². The van der Waals surface area contributed by atoms with Gasteiger partial charge in [0.2, 0.25) is 5.82 Å². The second kappa shape index (κ2) is 4.99. The van der Waals surface area contributed by atoms with Crippen molar-refractivity contribution in [2.75, 3.05) is 5.73 Å². The smallest absolute Gasteiger partial charge is 0.261 e. The second-order valence-electron chi connectivity index (χ2n) is 4.34. The maximum Gasteiger partial charge on any atom is 0.261 e. The van der Waals surface area contributed by atoms with Crippen molar-refractivity contribution in [1.82, 2.24) is 15.1 Å². The molecule has 3 aromatic heterocycles. The topological polar surface area (TPSA) is 77.8 Å². The van der Waals surface area contributed by atoms with Crippen LogP contribution in [0.5, 0.6) is 0 Å². The van der Waals surface area contributed by atoms with Gasteiger partial charge in [0, 0.05) is 27.3 Å². The van der Waals surface area contributed by atoms with Gasteiger partial charge in [-0.1, -0.05) is 5.16 Å². The summed E-state index contributed by atoms with van der Waals surface area (Å²) in [5.74, 6) is 0.941. The number of nitrogens with zero attached hydrogens (tertiary/aromatic N) is 3. The quantitative estimate of drug-likeness (QED) is 0.759. The molecule has 0 radical (unpaired) electrons. The second-order valence-corrected chi connectivity index (χ2v) is 6.51. The van der Waals surface area contributed by atoms with E-state index in [9.17, 15) is 0 Å². The summed E-state index contributed by atoms with van der Waals surface area (Å²) in [5, 5.41) is 4.69. The molecule has 0 saturated heterocycles. The molecule has 3 heterocycles. The third-order valence-corrected chi connectivity index (χ3v) is 4.49. The van der Waals surface area contributed by atoms with Gasteiger partial charge in [0.25, 0.3) is 5.89 Å². The zero-order chi connectivity index (χ0) is 14.3. The van der Waals surface area contributed by atoms with Crippen LogP contribution in [0.25, 0.3) is 22.8 Å². The van der Waals surface area contributed by atoms with Crippen LogP contribution < -0.4 is 5.73 Å². The lowest BCUT2D eigenvalue weighted by atomic mass is 10.1. The lowest BCUT2D eigenvalue weighted by Gasteiger charge is -1.95. The number of nitrogen functional groups attached to an aromatic ring is 1. The van der Waals surface area contributed by atoms with E-state index in [1.807, 2.05) is 19.9 Å². The highest BCUT2D eigenvalue weighted by Crippen LogP contribution is 2.37. The Kier molecular flexibility index (Phi) is 3.31. The van der Waals surface area contributed by atoms with Crippen molar-refractivity contribution in [2.45, 2.75) is 13.8 Å². The van der Waals surface area contributed by atoms with Crippen molar-refractivity contribution in [3.8, 4) is 22.8 Å². The highest BCUT2D eigenvalue weighted by Gasteiger charge is 2.19. The van der Waals surface area contributed by atoms with Crippen LogP contribution in [-0.4, -0.2) is 15.1 Å². The third-order valence-electron chi connectivity index (χ3n) is 3.02. The standard InChI is InChI=1S/C13H11BrN4OS/c1-6-7(2)20-11(15)10(6)13-17-12(18-19-13)8-3-9(14)5-16-4-8/h3-5H,15H2,1-2H3. The van der Waals surface area contributed by atoms with Gasteiger partial charge in [-0.3, -0.25) is 4.98 Å². The Balaban J connectivity index is 2.06. The van der Waals surface area contributed by atoms with Gasteiger partial charge >= 0.3 is 0 Å². The zero-order valence-corrected chi connectivity index (χ0v) is 13.2. The number of rotatable bonds is 2. The molecule has 0 atom stereocenters. The van der Waals surface area contributed by atoms with Crippen LogP contribution in [0, 0.1) is 13.8 Å². The molecule has 5 nitrogen and oxygen atoms in total. The van der Waals surface area contributed by atoms with Crippen molar-refractivity contribution in [3.05, 3.63) is 33.4 Å². The van der Waals surface area contributed by atoms with E-state index in [0.717, 1.165) is 26.0 Å². The molecule has 0 bridgehead atoms. The average Bonchev–Trinajstić information content (AvgIpc) is 2.96. The fourth-order valence-corrected chi connectivity index (χ4v) is 3.19. The first-order valence-electron chi connectivity index (χ1n) is 5.86. The van der Waals surface area contributed by atoms with Crippen molar-refractivity contribution in [3.63, 3.8) is 0 Å². The van der Waals surface area contributed by atoms with Gasteiger partial charge in [-0.05, 0) is 41.4 Å². The highest BCUT2D eigenvalue weighted by atomic mass is 79.9. The minimum Gasteiger partial charge on any atom is -0.390 e. The summed E-state index contributed by atoms with van der Waals surface area (Å²) in [6.07, 6.45) is 3.39. The number of thiophene rings is 1. The molecule has 0 aliphatic rings. The summed E-state index contributed by atoms with van der Waals surface area (Å²) in [6.45, 7) is 4.03. The van der Waals surface area contributed by atoms with Gasteiger partial charge < -0.3 is 10.3 Å². The van der Waals surface area contributed by atoms with E-state index in [1.165, 1.54) is 11.3 Å². The molecule has 102 valence electrons. The molecule has 20 heavy (non-hydrogen) atoms. The zero-order valence-electron chi connectivity index (χ0n) is 10.8. The van der Waals surface area contributed by atoms with Crippen LogP contribution >= 0.6 is 27.3 Å². The first-order chi connectivity index (χ1) is 9.56. The van der Waals surface area contributed by atoms with Gasteiger partial charge in [0.15, 0.2) is 0 Å². The van der Waals surface area contributed by atoms with E-state index < -0.39 is 0 Å². The summed E-state index contributed by atoms with van der Waals surface area (Å²) in [7, 11) is 0. The molecule has 2 N–H and O–H groups in total. The number of nitrogens with two attached hydrogens (primary N) is 1. The number of hydrogen-bond acceptors (Lipinski definition) is 6. The average molecular weight is 351 g/mol. The summed E-state index contributed by atoms with van der Waals surface area (Å²) >= 11 is 4.90. The minimum absolute atomic E-state index is 0.444. The van der Waals surface area contributed by atoms with E-state index >= 15 is 0 Å². The van der Waals surface area contributed by atoms with Crippen LogP contribution in [-0.2, 0) is 0 Å². The molecule has 0 fully saturated rings. The predicted octanol–water partition coefficient (Wildman–Crippen LogP) is 3.82. The highest BCUT2D eigenvalue weighted by molar-refractivity contribution is 9.10. The molecule has 7 heteroatoms. The molecule has 0 amide bonds. The van der Waals surface area contributed by atoms with E-state index in [0.29, 0.717) is 16.7 Å². The van der Waals surface area contributed by atoms with Gasteiger partial charge in [0.05, 0.1) is 10.6 Å². The first-order valence-corrected chi connectivity index (χ1v) is 7.47. The van der Waals surface area contributed by atoms with Crippen molar-refractivity contribution < 1.29 is 4.52 Å². The molecule has 0 aromatic carbocycles. The van der Waals surface area contributed by atoms with Crippen LogP contribution in [0.1, 0.15) is 10.4 Å². The lowest BCUT2D eigenvalue weighted by Crippen LogP contribution is -1.87. The predicted molar refractivity (Wildman–Crippen MR) is 82.4 cm³/mol.